The van der Waals surface area contributed by atoms with E-state index in [1.165, 1.54) is 17.4 Å². The Hall–Kier alpha value is -1.63. The Morgan fingerprint density at radius 3 is 2.56 bits per heavy atom. The summed E-state index contributed by atoms with van der Waals surface area (Å²) in [4.78, 5) is 25.5. The van der Waals surface area contributed by atoms with Crippen LogP contribution in [0.5, 0.6) is 0 Å². The molecule has 3 rings (SSSR count). The standard InChI is InChI=1S/C17H15Cl2FN2O2S/c18-10-7-11(19)12(20)6-9(10)16(24)22-17-14(15(21)23)8-4-2-1-3-5-13(8)25-17/h6-7H,1-5H2,(H2,21,23)(H,22,24). The molecule has 0 atom stereocenters. The molecule has 1 aromatic heterocycles. The van der Waals surface area contributed by atoms with E-state index < -0.39 is 17.6 Å². The van der Waals surface area contributed by atoms with Crippen LogP contribution in [0.4, 0.5) is 9.39 Å². The molecule has 2 amide bonds. The van der Waals surface area contributed by atoms with Crippen LogP contribution in [0.1, 0.15) is 50.4 Å². The van der Waals surface area contributed by atoms with Crippen LogP contribution in [0, 0.1) is 5.82 Å². The number of thiophene rings is 1. The first-order valence-electron chi connectivity index (χ1n) is 7.78. The number of aryl methyl sites for hydroxylation is 1. The summed E-state index contributed by atoms with van der Waals surface area (Å²) < 4.78 is 13.7. The van der Waals surface area contributed by atoms with Gasteiger partial charge in [-0.1, -0.05) is 29.6 Å². The van der Waals surface area contributed by atoms with E-state index in [2.05, 4.69) is 5.32 Å². The number of benzene rings is 1. The molecule has 1 aromatic carbocycles. The van der Waals surface area contributed by atoms with Gasteiger partial charge in [0.1, 0.15) is 10.8 Å². The Bertz CT molecular complexity index is 867. The molecule has 0 saturated carbocycles. The molecule has 0 aliphatic heterocycles. The number of primary amides is 1. The number of halogens is 3. The number of carbonyl (C=O) groups excluding carboxylic acids is 2. The molecule has 1 aliphatic rings. The molecule has 1 aliphatic carbocycles. The molecule has 0 bridgehead atoms. The Kier molecular flexibility index (Phi) is 5.32. The third kappa shape index (κ3) is 3.66. The molecule has 8 heteroatoms. The van der Waals surface area contributed by atoms with Gasteiger partial charge in [0.25, 0.3) is 11.8 Å². The lowest BCUT2D eigenvalue weighted by molar-refractivity contribution is 0.100. The Labute approximate surface area is 158 Å². The molecule has 0 spiro atoms. The summed E-state index contributed by atoms with van der Waals surface area (Å²) >= 11 is 13.0. The molecule has 2 aromatic rings. The first kappa shape index (κ1) is 18.2. The average Bonchev–Trinajstić information content (AvgIpc) is 2.72. The largest absolute Gasteiger partial charge is 0.365 e. The van der Waals surface area contributed by atoms with E-state index in [0.29, 0.717) is 10.6 Å². The van der Waals surface area contributed by atoms with Gasteiger partial charge in [0, 0.05) is 4.88 Å². The van der Waals surface area contributed by atoms with Gasteiger partial charge >= 0.3 is 0 Å². The van der Waals surface area contributed by atoms with Gasteiger partial charge in [-0.25, -0.2) is 4.39 Å². The number of nitrogens with one attached hydrogen (secondary N) is 1. The molecule has 4 nitrogen and oxygen atoms in total. The van der Waals surface area contributed by atoms with E-state index in [4.69, 9.17) is 28.9 Å². The second kappa shape index (κ2) is 7.32. The molecule has 25 heavy (non-hydrogen) atoms. The van der Waals surface area contributed by atoms with Gasteiger partial charge in [-0.2, -0.15) is 0 Å². The average molecular weight is 401 g/mol. The number of nitrogens with two attached hydrogens (primary N) is 1. The zero-order chi connectivity index (χ0) is 18.1. The minimum Gasteiger partial charge on any atom is -0.365 e. The van der Waals surface area contributed by atoms with Crippen molar-refractivity contribution in [1.82, 2.24) is 0 Å². The first-order valence-corrected chi connectivity index (χ1v) is 9.36. The predicted molar refractivity (Wildman–Crippen MR) is 98.5 cm³/mol. The predicted octanol–water partition coefficient (Wildman–Crippen LogP) is 4.81. The van der Waals surface area contributed by atoms with E-state index in [1.807, 2.05) is 0 Å². The summed E-state index contributed by atoms with van der Waals surface area (Å²) in [5, 5.41) is 2.91. The molecule has 0 radical (unpaired) electrons. The minimum atomic E-state index is -0.742. The van der Waals surface area contributed by atoms with E-state index in [9.17, 15) is 14.0 Å². The van der Waals surface area contributed by atoms with E-state index >= 15 is 0 Å². The van der Waals surface area contributed by atoms with Crippen LogP contribution in [0.2, 0.25) is 10.0 Å². The summed E-state index contributed by atoms with van der Waals surface area (Å²) in [6.45, 7) is 0. The van der Waals surface area contributed by atoms with Gasteiger partial charge in [-0.05, 0) is 43.4 Å². The number of amides is 2. The number of rotatable bonds is 3. The maximum Gasteiger partial charge on any atom is 0.257 e. The Morgan fingerprint density at radius 1 is 1.12 bits per heavy atom. The quantitative estimate of drug-likeness (QED) is 0.572. The number of hydrogen-bond acceptors (Lipinski definition) is 3. The summed E-state index contributed by atoms with van der Waals surface area (Å²) in [7, 11) is 0. The van der Waals surface area contributed by atoms with E-state index in [1.54, 1.807) is 0 Å². The number of carbonyl (C=O) groups is 2. The van der Waals surface area contributed by atoms with Crippen molar-refractivity contribution in [1.29, 1.82) is 0 Å². The minimum absolute atomic E-state index is 0.0302. The van der Waals surface area contributed by atoms with Crippen LogP contribution in [-0.2, 0) is 12.8 Å². The maximum absolute atomic E-state index is 13.7. The van der Waals surface area contributed by atoms with Crippen molar-refractivity contribution < 1.29 is 14.0 Å². The van der Waals surface area contributed by atoms with Crippen molar-refractivity contribution in [2.24, 2.45) is 5.73 Å². The Balaban J connectivity index is 1.97. The zero-order valence-electron chi connectivity index (χ0n) is 13.1. The first-order chi connectivity index (χ1) is 11.9. The third-order valence-corrected chi connectivity index (χ3v) is 5.96. The number of hydrogen-bond donors (Lipinski definition) is 2. The van der Waals surface area contributed by atoms with E-state index in [0.717, 1.165) is 48.6 Å². The highest BCUT2D eigenvalue weighted by molar-refractivity contribution is 7.17. The van der Waals surface area contributed by atoms with Crippen molar-refractivity contribution in [2.45, 2.75) is 32.1 Å². The zero-order valence-corrected chi connectivity index (χ0v) is 15.5. The van der Waals surface area contributed by atoms with Crippen LogP contribution >= 0.6 is 34.5 Å². The summed E-state index contributed by atoms with van der Waals surface area (Å²) in [5.41, 5.74) is 6.75. The summed E-state index contributed by atoms with van der Waals surface area (Å²) in [5.74, 6) is -1.93. The molecule has 0 fully saturated rings. The van der Waals surface area contributed by atoms with Crippen molar-refractivity contribution in [3.63, 3.8) is 0 Å². The molecular formula is C17H15Cl2FN2O2S. The topological polar surface area (TPSA) is 72.2 Å². The summed E-state index contributed by atoms with van der Waals surface area (Å²) in [6.07, 6.45) is 4.72. The normalized spacial score (nSPS) is 13.9. The lowest BCUT2D eigenvalue weighted by Gasteiger charge is -2.08. The van der Waals surface area contributed by atoms with Gasteiger partial charge in [0.15, 0.2) is 0 Å². The number of anilines is 1. The highest BCUT2D eigenvalue weighted by atomic mass is 35.5. The van der Waals surface area contributed by atoms with Gasteiger partial charge in [0.2, 0.25) is 0 Å². The molecule has 1 heterocycles. The molecule has 3 N–H and O–H groups in total. The van der Waals surface area contributed by atoms with Crippen molar-refractivity contribution in [3.8, 4) is 0 Å². The highest BCUT2D eigenvalue weighted by Crippen LogP contribution is 2.37. The fourth-order valence-electron chi connectivity index (χ4n) is 2.96. The number of fused-ring (bicyclic) bond motifs is 1. The van der Waals surface area contributed by atoms with Crippen molar-refractivity contribution >= 4 is 51.4 Å². The van der Waals surface area contributed by atoms with Gasteiger partial charge < -0.3 is 11.1 Å². The van der Waals surface area contributed by atoms with Crippen LogP contribution in [0.25, 0.3) is 0 Å². The molecule has 0 unspecified atom stereocenters. The monoisotopic (exact) mass is 400 g/mol. The second-order valence-corrected chi connectivity index (χ2v) is 7.75. The fourth-order valence-corrected chi connectivity index (χ4v) is 4.72. The maximum atomic E-state index is 13.7. The second-order valence-electron chi connectivity index (χ2n) is 5.83. The van der Waals surface area contributed by atoms with Crippen LogP contribution in [-0.4, -0.2) is 11.8 Å². The summed E-state index contributed by atoms with van der Waals surface area (Å²) in [6, 6.07) is 2.15. The van der Waals surface area contributed by atoms with Crippen LogP contribution in [0.15, 0.2) is 12.1 Å². The van der Waals surface area contributed by atoms with Gasteiger partial charge in [-0.15, -0.1) is 11.3 Å². The lowest BCUT2D eigenvalue weighted by Crippen LogP contribution is -2.18. The smallest absolute Gasteiger partial charge is 0.257 e. The lowest BCUT2D eigenvalue weighted by atomic mass is 10.1. The molecule has 132 valence electrons. The molecular weight excluding hydrogens is 386 g/mol. The SMILES string of the molecule is NC(=O)c1c(NC(=O)c2cc(F)c(Cl)cc2Cl)sc2c1CCCCC2. The van der Waals surface area contributed by atoms with Crippen molar-refractivity contribution in [2.75, 3.05) is 5.32 Å². The fraction of sp³-hybridized carbons (Fsp3) is 0.294. The third-order valence-electron chi connectivity index (χ3n) is 4.15. The molecule has 0 saturated heterocycles. The van der Waals surface area contributed by atoms with Crippen LogP contribution in [0.3, 0.4) is 0 Å². The highest BCUT2D eigenvalue weighted by Gasteiger charge is 2.25. The van der Waals surface area contributed by atoms with Gasteiger partial charge in [-0.3, -0.25) is 9.59 Å². The van der Waals surface area contributed by atoms with E-state index in [-0.39, 0.29) is 15.6 Å². The van der Waals surface area contributed by atoms with Crippen molar-refractivity contribution in [3.05, 3.63) is 49.6 Å². The Morgan fingerprint density at radius 2 is 1.84 bits per heavy atom. The van der Waals surface area contributed by atoms with Gasteiger partial charge in [0.05, 0.1) is 21.2 Å². The van der Waals surface area contributed by atoms with Crippen LogP contribution < -0.4 is 11.1 Å².